The molecule has 0 amide bonds. The predicted octanol–water partition coefficient (Wildman–Crippen LogP) is 3.15. The molecule has 2 nitrogen and oxygen atoms in total. The van der Waals surface area contributed by atoms with Crippen molar-refractivity contribution in [2.75, 3.05) is 7.11 Å². The van der Waals surface area contributed by atoms with Crippen LogP contribution >= 0.6 is 0 Å². The summed E-state index contributed by atoms with van der Waals surface area (Å²) in [6.45, 7) is 4.38. The Morgan fingerprint density at radius 3 is 2.67 bits per heavy atom. The fraction of sp³-hybridized carbons (Fsp3) is 0.500. The Kier molecular flexibility index (Phi) is 4.56. The Morgan fingerprint density at radius 1 is 1.33 bits per heavy atom. The summed E-state index contributed by atoms with van der Waals surface area (Å²) in [5, 5.41) is 0. The monoisotopic (exact) mass is 212 g/mol. The molecule has 0 fully saturated rings. The first-order valence-electron chi connectivity index (χ1n) is 5.10. The van der Waals surface area contributed by atoms with Crippen LogP contribution in [0.3, 0.4) is 0 Å². The first kappa shape index (κ1) is 12.0. The van der Waals surface area contributed by atoms with Gasteiger partial charge in [0.15, 0.2) is 0 Å². The molecule has 3 heteroatoms. The van der Waals surface area contributed by atoms with Gasteiger partial charge in [0.1, 0.15) is 11.6 Å². The van der Waals surface area contributed by atoms with Crippen LogP contribution < -0.4 is 4.74 Å². The van der Waals surface area contributed by atoms with Crippen molar-refractivity contribution in [3.8, 4) is 5.75 Å². The van der Waals surface area contributed by atoms with Crippen molar-refractivity contribution in [3.05, 3.63) is 29.6 Å². The molecule has 0 spiro atoms. The van der Waals surface area contributed by atoms with E-state index in [1.165, 1.54) is 12.1 Å². The molecule has 15 heavy (non-hydrogen) atoms. The van der Waals surface area contributed by atoms with Gasteiger partial charge in [0, 0.05) is 13.2 Å². The number of methoxy groups -OCH3 is 1. The lowest BCUT2D eigenvalue weighted by Crippen LogP contribution is -2.10. The van der Waals surface area contributed by atoms with Gasteiger partial charge in [-0.05, 0) is 31.0 Å². The van der Waals surface area contributed by atoms with Crippen molar-refractivity contribution in [2.45, 2.75) is 33.0 Å². The molecule has 0 aromatic heterocycles. The maximum absolute atomic E-state index is 13.2. The first-order chi connectivity index (χ1) is 7.15. The highest BCUT2D eigenvalue weighted by Crippen LogP contribution is 2.18. The summed E-state index contributed by atoms with van der Waals surface area (Å²) in [5.41, 5.74) is 0.788. The van der Waals surface area contributed by atoms with Crippen LogP contribution in [0.25, 0.3) is 0 Å². The van der Waals surface area contributed by atoms with Gasteiger partial charge in [-0.1, -0.05) is 6.92 Å². The molecule has 1 rings (SSSR count). The van der Waals surface area contributed by atoms with Gasteiger partial charge in [-0.25, -0.2) is 4.39 Å². The predicted molar refractivity (Wildman–Crippen MR) is 57.5 cm³/mol. The van der Waals surface area contributed by atoms with Crippen LogP contribution in [0.15, 0.2) is 18.2 Å². The molecule has 84 valence electrons. The molecule has 0 aliphatic carbocycles. The molecule has 0 bridgehead atoms. The molecule has 0 radical (unpaired) electrons. The highest BCUT2D eigenvalue weighted by Gasteiger charge is 2.05. The van der Waals surface area contributed by atoms with Crippen LogP contribution in [0.5, 0.6) is 5.75 Å². The second-order valence-corrected chi connectivity index (χ2v) is 3.56. The largest absolute Gasteiger partial charge is 0.491 e. The van der Waals surface area contributed by atoms with E-state index in [0.717, 1.165) is 12.0 Å². The minimum Gasteiger partial charge on any atom is -0.491 e. The third kappa shape index (κ3) is 3.88. The van der Waals surface area contributed by atoms with Gasteiger partial charge >= 0.3 is 0 Å². The van der Waals surface area contributed by atoms with Crippen LogP contribution in [0.1, 0.15) is 25.8 Å². The van der Waals surface area contributed by atoms with Crippen LogP contribution in [-0.2, 0) is 11.3 Å². The number of rotatable bonds is 5. The van der Waals surface area contributed by atoms with E-state index in [1.54, 1.807) is 13.2 Å². The molecule has 1 atom stereocenters. The lowest BCUT2D eigenvalue weighted by molar-refractivity contribution is 0.182. The normalized spacial score (nSPS) is 12.5. The molecule has 0 aliphatic rings. The van der Waals surface area contributed by atoms with E-state index in [0.29, 0.717) is 12.4 Å². The van der Waals surface area contributed by atoms with Gasteiger partial charge in [-0.15, -0.1) is 0 Å². The summed E-state index contributed by atoms with van der Waals surface area (Å²) in [6.07, 6.45) is 0.998. The molecular formula is C12H17FO2. The average Bonchev–Trinajstić information content (AvgIpc) is 2.17. The van der Waals surface area contributed by atoms with E-state index in [4.69, 9.17) is 9.47 Å². The van der Waals surface area contributed by atoms with Crippen LogP contribution in [0, 0.1) is 5.82 Å². The first-order valence-corrected chi connectivity index (χ1v) is 5.10. The van der Waals surface area contributed by atoms with Crippen LogP contribution in [-0.4, -0.2) is 13.2 Å². The van der Waals surface area contributed by atoms with Gasteiger partial charge in [-0.2, -0.15) is 0 Å². The SMILES string of the molecule is CCC(C)Oc1cc(F)cc(COC)c1. The number of halogens is 1. The zero-order chi connectivity index (χ0) is 11.3. The van der Waals surface area contributed by atoms with E-state index in [9.17, 15) is 4.39 Å². The van der Waals surface area contributed by atoms with Crippen molar-refractivity contribution in [1.29, 1.82) is 0 Å². The quantitative estimate of drug-likeness (QED) is 0.746. The molecule has 0 heterocycles. The smallest absolute Gasteiger partial charge is 0.127 e. The average molecular weight is 212 g/mol. The van der Waals surface area contributed by atoms with E-state index >= 15 is 0 Å². The minimum absolute atomic E-state index is 0.0993. The van der Waals surface area contributed by atoms with Gasteiger partial charge in [0.2, 0.25) is 0 Å². The van der Waals surface area contributed by atoms with E-state index in [2.05, 4.69) is 0 Å². The topological polar surface area (TPSA) is 18.5 Å². The molecule has 1 aromatic rings. The van der Waals surface area contributed by atoms with Crippen molar-refractivity contribution < 1.29 is 13.9 Å². The Labute approximate surface area is 90.0 Å². The molecular weight excluding hydrogens is 195 g/mol. The second-order valence-electron chi connectivity index (χ2n) is 3.56. The summed E-state index contributed by atoms with van der Waals surface area (Å²) >= 11 is 0. The highest BCUT2D eigenvalue weighted by atomic mass is 19.1. The lowest BCUT2D eigenvalue weighted by atomic mass is 10.2. The summed E-state index contributed by atoms with van der Waals surface area (Å²) < 4.78 is 23.7. The van der Waals surface area contributed by atoms with Crippen LogP contribution in [0.2, 0.25) is 0 Å². The molecule has 0 N–H and O–H groups in total. The summed E-state index contributed by atoms with van der Waals surface area (Å²) in [7, 11) is 1.58. The molecule has 1 aromatic carbocycles. The summed E-state index contributed by atoms with van der Waals surface area (Å²) in [5.74, 6) is 0.277. The number of hydrogen-bond donors (Lipinski definition) is 0. The maximum Gasteiger partial charge on any atom is 0.127 e. The molecule has 0 saturated heterocycles. The van der Waals surface area contributed by atoms with Gasteiger partial charge in [0.25, 0.3) is 0 Å². The zero-order valence-corrected chi connectivity index (χ0v) is 9.42. The maximum atomic E-state index is 13.2. The van der Waals surface area contributed by atoms with Crippen molar-refractivity contribution in [3.63, 3.8) is 0 Å². The van der Waals surface area contributed by atoms with E-state index in [1.807, 2.05) is 13.8 Å². The van der Waals surface area contributed by atoms with E-state index < -0.39 is 0 Å². The Balaban J connectivity index is 2.78. The van der Waals surface area contributed by atoms with E-state index in [-0.39, 0.29) is 11.9 Å². The Bertz CT molecular complexity index is 312. The van der Waals surface area contributed by atoms with Gasteiger partial charge in [-0.3, -0.25) is 0 Å². The second kappa shape index (κ2) is 5.71. The van der Waals surface area contributed by atoms with Crippen molar-refractivity contribution >= 4 is 0 Å². The fourth-order valence-electron chi connectivity index (χ4n) is 1.25. The Morgan fingerprint density at radius 2 is 2.07 bits per heavy atom. The van der Waals surface area contributed by atoms with Crippen molar-refractivity contribution in [1.82, 2.24) is 0 Å². The number of ether oxygens (including phenoxy) is 2. The molecule has 0 saturated carbocycles. The lowest BCUT2D eigenvalue weighted by Gasteiger charge is -2.13. The van der Waals surface area contributed by atoms with Crippen molar-refractivity contribution in [2.24, 2.45) is 0 Å². The standard InChI is InChI=1S/C12H17FO2/c1-4-9(2)15-12-6-10(8-14-3)5-11(13)7-12/h5-7,9H,4,8H2,1-3H3. The molecule has 0 aliphatic heterocycles. The van der Waals surface area contributed by atoms with Gasteiger partial charge < -0.3 is 9.47 Å². The fourth-order valence-corrected chi connectivity index (χ4v) is 1.25. The van der Waals surface area contributed by atoms with Gasteiger partial charge in [0.05, 0.1) is 12.7 Å². The number of hydrogen-bond acceptors (Lipinski definition) is 2. The summed E-state index contributed by atoms with van der Waals surface area (Å²) in [4.78, 5) is 0. The third-order valence-corrected chi connectivity index (χ3v) is 2.15. The number of benzene rings is 1. The molecule has 1 unspecified atom stereocenters. The highest BCUT2D eigenvalue weighted by molar-refractivity contribution is 5.29. The summed E-state index contributed by atoms with van der Waals surface area (Å²) in [6, 6.07) is 4.65. The Hall–Kier alpha value is -1.09. The minimum atomic E-state index is -0.289. The van der Waals surface area contributed by atoms with Crippen LogP contribution in [0.4, 0.5) is 4.39 Å². The zero-order valence-electron chi connectivity index (χ0n) is 9.42. The third-order valence-electron chi connectivity index (χ3n) is 2.15.